The summed E-state index contributed by atoms with van der Waals surface area (Å²) in [7, 11) is 0. The zero-order chi connectivity index (χ0) is 14.7. The Labute approximate surface area is 120 Å². The number of nitrogens with zero attached hydrogens (tertiary/aromatic N) is 3. The van der Waals surface area contributed by atoms with Gasteiger partial charge >= 0.3 is 5.82 Å². The van der Waals surface area contributed by atoms with Crippen molar-refractivity contribution < 1.29 is 9.72 Å². The van der Waals surface area contributed by atoms with Crippen LogP contribution in [0.5, 0.6) is 0 Å². The molecule has 20 heavy (non-hydrogen) atoms. The van der Waals surface area contributed by atoms with E-state index in [9.17, 15) is 14.9 Å². The quantitative estimate of drug-likeness (QED) is 0.481. The van der Waals surface area contributed by atoms with Crippen LogP contribution < -0.4 is 0 Å². The minimum atomic E-state index is -0.668. The monoisotopic (exact) mass is 293 g/mol. The van der Waals surface area contributed by atoms with E-state index in [1.807, 2.05) is 13.0 Å². The molecule has 0 N–H and O–H groups in total. The molecule has 1 heterocycles. The van der Waals surface area contributed by atoms with Crippen molar-refractivity contribution in [3.8, 4) is 0 Å². The van der Waals surface area contributed by atoms with E-state index < -0.39 is 16.8 Å². The van der Waals surface area contributed by atoms with Crippen LogP contribution in [0.4, 0.5) is 5.82 Å². The summed E-state index contributed by atoms with van der Waals surface area (Å²) in [6.07, 6.45) is 1.78. The molecule has 2 aromatic rings. The molecule has 0 aliphatic carbocycles. The number of benzene rings is 1. The highest BCUT2D eigenvalue weighted by molar-refractivity contribution is 6.32. The van der Waals surface area contributed by atoms with Crippen LogP contribution >= 0.6 is 11.6 Å². The van der Waals surface area contributed by atoms with Gasteiger partial charge in [0.15, 0.2) is 10.8 Å². The maximum atomic E-state index is 12.4. The highest BCUT2D eigenvalue weighted by Crippen LogP contribution is 2.26. The zero-order valence-electron chi connectivity index (χ0n) is 10.7. The zero-order valence-corrected chi connectivity index (χ0v) is 11.4. The first-order chi connectivity index (χ1) is 9.54. The van der Waals surface area contributed by atoms with Crippen LogP contribution in [0.1, 0.15) is 29.7 Å². The van der Waals surface area contributed by atoms with Gasteiger partial charge in [-0.25, -0.2) is 0 Å². The van der Waals surface area contributed by atoms with Crippen LogP contribution in [0, 0.1) is 10.1 Å². The number of carbonyl (C=O) groups excluding carboxylic acids is 1. The molecule has 0 amide bonds. The molecule has 0 radical (unpaired) electrons. The summed E-state index contributed by atoms with van der Waals surface area (Å²) in [4.78, 5) is 22.5. The highest BCUT2D eigenvalue weighted by atomic mass is 35.5. The molecular formula is C13H12ClN3O3. The third kappa shape index (κ3) is 2.70. The number of Topliss-reactive ketones (excluding diaryl/α,β-unsaturated/α-hetero) is 1. The Morgan fingerprint density at radius 1 is 1.45 bits per heavy atom. The molecule has 1 unspecified atom stereocenters. The van der Waals surface area contributed by atoms with E-state index in [0.717, 1.165) is 0 Å². The van der Waals surface area contributed by atoms with Crippen molar-refractivity contribution in [1.29, 1.82) is 0 Å². The van der Waals surface area contributed by atoms with Crippen LogP contribution in [-0.2, 0) is 0 Å². The normalized spacial score (nSPS) is 12.1. The van der Waals surface area contributed by atoms with Crippen molar-refractivity contribution in [3.05, 3.63) is 57.2 Å². The van der Waals surface area contributed by atoms with Crippen molar-refractivity contribution in [3.63, 3.8) is 0 Å². The second-order valence-corrected chi connectivity index (χ2v) is 4.60. The van der Waals surface area contributed by atoms with Gasteiger partial charge in [0.25, 0.3) is 0 Å². The third-order valence-corrected chi connectivity index (χ3v) is 3.18. The summed E-state index contributed by atoms with van der Waals surface area (Å²) >= 11 is 5.76. The predicted octanol–water partition coefficient (Wildman–Crippen LogP) is 3.28. The second kappa shape index (κ2) is 5.83. The lowest BCUT2D eigenvalue weighted by Crippen LogP contribution is -2.19. The van der Waals surface area contributed by atoms with Gasteiger partial charge in [-0.2, -0.15) is 4.68 Å². The second-order valence-electron chi connectivity index (χ2n) is 4.19. The smallest absolute Gasteiger partial charge is 0.358 e. The molecule has 0 bridgehead atoms. The van der Waals surface area contributed by atoms with Crippen LogP contribution in [0.15, 0.2) is 36.5 Å². The Bertz CT molecular complexity index is 640. The number of nitro groups is 1. The van der Waals surface area contributed by atoms with E-state index in [1.54, 1.807) is 24.3 Å². The van der Waals surface area contributed by atoms with Gasteiger partial charge in [0, 0.05) is 5.56 Å². The Hall–Kier alpha value is -2.21. The summed E-state index contributed by atoms with van der Waals surface area (Å²) in [6.45, 7) is 1.81. The topological polar surface area (TPSA) is 78.0 Å². The van der Waals surface area contributed by atoms with Crippen molar-refractivity contribution in [2.75, 3.05) is 0 Å². The Balaban J connectivity index is 2.36. The highest BCUT2D eigenvalue weighted by Gasteiger charge is 2.28. The van der Waals surface area contributed by atoms with Gasteiger partial charge in [0.05, 0.1) is 11.3 Å². The van der Waals surface area contributed by atoms with Gasteiger partial charge in [-0.1, -0.05) is 48.9 Å². The number of ketones is 1. The van der Waals surface area contributed by atoms with Gasteiger partial charge in [0.1, 0.15) is 6.04 Å². The van der Waals surface area contributed by atoms with Crippen LogP contribution in [0.2, 0.25) is 5.02 Å². The fraction of sp³-hybridized carbons (Fsp3) is 0.231. The van der Waals surface area contributed by atoms with Crippen molar-refractivity contribution in [1.82, 2.24) is 9.78 Å². The minimum Gasteiger partial charge on any atom is -0.358 e. The van der Waals surface area contributed by atoms with E-state index in [-0.39, 0.29) is 10.8 Å². The molecule has 6 nitrogen and oxygen atoms in total. The fourth-order valence-corrected chi connectivity index (χ4v) is 2.14. The van der Waals surface area contributed by atoms with Crippen LogP contribution in [-0.4, -0.2) is 20.5 Å². The van der Waals surface area contributed by atoms with Gasteiger partial charge in [-0.3, -0.25) is 4.79 Å². The van der Waals surface area contributed by atoms with Crippen LogP contribution in [0.3, 0.4) is 0 Å². The first kappa shape index (κ1) is 14.2. The molecule has 0 aliphatic rings. The molecular weight excluding hydrogens is 282 g/mol. The van der Waals surface area contributed by atoms with Crippen molar-refractivity contribution in [2.24, 2.45) is 0 Å². The summed E-state index contributed by atoms with van der Waals surface area (Å²) < 4.78 is 1.26. The largest absolute Gasteiger partial charge is 0.408 e. The van der Waals surface area contributed by atoms with E-state index in [1.165, 1.54) is 10.9 Å². The number of aromatic nitrogens is 2. The Morgan fingerprint density at radius 2 is 2.10 bits per heavy atom. The first-order valence-corrected chi connectivity index (χ1v) is 6.40. The average molecular weight is 294 g/mol. The molecule has 104 valence electrons. The van der Waals surface area contributed by atoms with Gasteiger partial charge in [0.2, 0.25) is 0 Å². The molecule has 0 aliphatic heterocycles. The molecule has 1 atom stereocenters. The number of rotatable bonds is 5. The molecule has 0 saturated carbocycles. The molecule has 1 aromatic heterocycles. The molecule has 1 aromatic carbocycles. The Morgan fingerprint density at radius 3 is 2.60 bits per heavy atom. The number of hydrogen-bond donors (Lipinski definition) is 0. The summed E-state index contributed by atoms with van der Waals surface area (Å²) in [5.41, 5.74) is 0.536. The molecule has 0 fully saturated rings. The van der Waals surface area contributed by atoms with Gasteiger partial charge in [-0.05, 0) is 11.3 Å². The number of halogens is 1. The predicted molar refractivity (Wildman–Crippen MR) is 74.0 cm³/mol. The lowest BCUT2D eigenvalue weighted by molar-refractivity contribution is -0.389. The molecule has 2 rings (SSSR count). The average Bonchev–Trinajstić information content (AvgIpc) is 2.82. The standard InChI is InChI=1S/C13H12ClN3O3/c1-2-11(12(18)9-6-4-3-5-7-9)16-8-10(14)13(15-16)17(19)20/h3-8,11H,2H2,1H3. The van der Waals surface area contributed by atoms with E-state index in [4.69, 9.17) is 11.6 Å². The van der Waals surface area contributed by atoms with Gasteiger partial charge in [-0.15, -0.1) is 0 Å². The van der Waals surface area contributed by atoms with E-state index in [2.05, 4.69) is 5.10 Å². The number of hydrogen-bond acceptors (Lipinski definition) is 4. The SMILES string of the molecule is CCC(C(=O)c1ccccc1)n1cc(Cl)c([N+](=O)[O-])n1. The Kier molecular flexibility index (Phi) is 4.14. The first-order valence-electron chi connectivity index (χ1n) is 6.03. The molecule has 0 saturated heterocycles. The molecule has 7 heteroatoms. The summed E-state index contributed by atoms with van der Waals surface area (Å²) in [5, 5.41) is 14.5. The van der Waals surface area contributed by atoms with Crippen LogP contribution in [0.25, 0.3) is 0 Å². The summed E-state index contributed by atoms with van der Waals surface area (Å²) in [6, 6.07) is 8.13. The summed E-state index contributed by atoms with van der Waals surface area (Å²) in [5.74, 6) is -0.590. The van der Waals surface area contributed by atoms with E-state index >= 15 is 0 Å². The molecule has 0 spiro atoms. The van der Waals surface area contributed by atoms with E-state index in [0.29, 0.717) is 12.0 Å². The van der Waals surface area contributed by atoms with Crippen molar-refractivity contribution in [2.45, 2.75) is 19.4 Å². The maximum Gasteiger partial charge on any atom is 0.408 e. The fourth-order valence-electron chi connectivity index (χ4n) is 1.93. The van der Waals surface area contributed by atoms with Gasteiger partial charge < -0.3 is 10.1 Å². The van der Waals surface area contributed by atoms with Crippen molar-refractivity contribution >= 4 is 23.2 Å². The maximum absolute atomic E-state index is 12.4. The minimum absolute atomic E-state index is 0.0747. The third-order valence-electron chi connectivity index (χ3n) is 2.91. The lowest BCUT2D eigenvalue weighted by atomic mass is 10.0. The number of carbonyl (C=O) groups is 1. The lowest BCUT2D eigenvalue weighted by Gasteiger charge is -2.10.